The number of aryl methyl sites for hydroxylation is 1. The van der Waals surface area contributed by atoms with Gasteiger partial charge in [0, 0.05) is 32.8 Å². The van der Waals surface area contributed by atoms with Crippen LogP contribution in [0.4, 0.5) is 0 Å². The Morgan fingerprint density at radius 2 is 2.08 bits per heavy atom. The molecule has 0 unspecified atom stereocenters. The Kier molecular flexibility index (Phi) is 4.42. The third-order valence-corrected chi connectivity index (χ3v) is 5.58. The number of hydrogen-bond donors (Lipinski definition) is 1. The van der Waals surface area contributed by atoms with Gasteiger partial charge in [-0.25, -0.2) is 4.72 Å². The minimum atomic E-state index is -3.85. The van der Waals surface area contributed by atoms with Crippen LogP contribution in [-0.2, 0) is 28.6 Å². The molecule has 8 heteroatoms. The molecule has 1 N–H and O–H groups in total. The van der Waals surface area contributed by atoms with Gasteiger partial charge in [0.25, 0.3) is 0 Å². The molecule has 1 fully saturated rings. The van der Waals surface area contributed by atoms with Crippen molar-refractivity contribution in [2.75, 3.05) is 7.05 Å². The Hall–Kier alpha value is -2.19. The highest BCUT2D eigenvalue weighted by molar-refractivity contribution is 7.87. The van der Waals surface area contributed by atoms with Crippen molar-refractivity contribution in [1.29, 1.82) is 0 Å². The quantitative estimate of drug-likeness (QED) is 0.845. The molecular weight excluding hydrogens is 328 g/mol. The van der Waals surface area contributed by atoms with Gasteiger partial charge >= 0.3 is 10.2 Å². The monoisotopic (exact) mass is 348 g/mol. The van der Waals surface area contributed by atoms with E-state index in [9.17, 15) is 13.2 Å². The van der Waals surface area contributed by atoms with E-state index in [-0.39, 0.29) is 18.4 Å². The predicted octanol–water partition coefficient (Wildman–Crippen LogP) is 1.02. The van der Waals surface area contributed by atoms with Gasteiger partial charge in [-0.15, -0.1) is 0 Å². The lowest BCUT2D eigenvalue weighted by Gasteiger charge is -2.17. The lowest BCUT2D eigenvalue weighted by molar-refractivity contribution is -0.120. The van der Waals surface area contributed by atoms with E-state index in [1.165, 1.54) is 7.05 Å². The molecule has 1 saturated carbocycles. The van der Waals surface area contributed by atoms with E-state index in [2.05, 4.69) is 9.82 Å². The van der Waals surface area contributed by atoms with Gasteiger partial charge in [0.2, 0.25) is 5.91 Å². The summed E-state index contributed by atoms with van der Waals surface area (Å²) < 4.78 is 29.6. The molecule has 1 aliphatic carbocycles. The van der Waals surface area contributed by atoms with Crippen molar-refractivity contribution >= 4 is 16.1 Å². The second-order valence-corrected chi connectivity index (χ2v) is 7.89. The van der Waals surface area contributed by atoms with Crippen molar-refractivity contribution in [3.63, 3.8) is 0 Å². The normalized spacial score (nSPS) is 20.1. The number of nitrogens with zero attached hydrogens (tertiary/aromatic N) is 3. The van der Waals surface area contributed by atoms with Gasteiger partial charge < -0.3 is 0 Å². The minimum Gasteiger partial charge on any atom is -0.276 e. The summed E-state index contributed by atoms with van der Waals surface area (Å²) in [6.45, 7) is 0.208. The van der Waals surface area contributed by atoms with Crippen molar-refractivity contribution in [3.8, 4) is 0 Å². The Morgan fingerprint density at radius 1 is 1.38 bits per heavy atom. The standard InChI is InChI=1S/C16H20N4O3S/c1-19-11-13(9-17-19)14-8-15(14)16(21)18-24(22,23)20(2)10-12-6-4-3-5-7-12/h3-7,9,11,14-15H,8,10H2,1-2H3,(H,18,21)/t14-,15-/m1/s1. The average molecular weight is 348 g/mol. The fourth-order valence-corrected chi connectivity index (χ4v) is 3.57. The first-order valence-electron chi connectivity index (χ1n) is 7.67. The molecule has 1 aromatic heterocycles. The third-order valence-electron chi connectivity index (χ3n) is 4.17. The van der Waals surface area contributed by atoms with Crippen LogP contribution >= 0.6 is 0 Å². The average Bonchev–Trinajstić information content (AvgIpc) is 3.23. The van der Waals surface area contributed by atoms with Crippen LogP contribution in [0.25, 0.3) is 0 Å². The highest BCUT2D eigenvalue weighted by Gasteiger charge is 2.46. The number of carbonyl (C=O) groups excluding carboxylic acids is 1. The van der Waals surface area contributed by atoms with Crippen molar-refractivity contribution < 1.29 is 13.2 Å². The smallest absolute Gasteiger partial charge is 0.276 e. The number of amides is 1. The van der Waals surface area contributed by atoms with Crippen molar-refractivity contribution in [1.82, 2.24) is 18.8 Å². The zero-order valence-corrected chi connectivity index (χ0v) is 14.4. The van der Waals surface area contributed by atoms with Gasteiger partial charge in [-0.1, -0.05) is 30.3 Å². The predicted molar refractivity (Wildman–Crippen MR) is 89.0 cm³/mol. The topological polar surface area (TPSA) is 84.3 Å². The number of rotatable bonds is 6. The highest BCUT2D eigenvalue weighted by atomic mass is 32.2. The number of nitrogens with one attached hydrogen (secondary N) is 1. The molecule has 1 aliphatic rings. The van der Waals surface area contributed by atoms with E-state index in [0.717, 1.165) is 15.4 Å². The minimum absolute atomic E-state index is 0.0494. The molecule has 128 valence electrons. The largest absolute Gasteiger partial charge is 0.303 e. The molecule has 2 atom stereocenters. The molecular formula is C16H20N4O3S. The van der Waals surface area contributed by atoms with Crippen LogP contribution in [0.3, 0.4) is 0 Å². The van der Waals surface area contributed by atoms with E-state index in [4.69, 9.17) is 0 Å². The first-order chi connectivity index (χ1) is 11.4. The Morgan fingerprint density at radius 3 is 2.71 bits per heavy atom. The summed E-state index contributed by atoms with van der Waals surface area (Å²) in [7, 11) is -0.588. The number of benzene rings is 1. The van der Waals surface area contributed by atoms with Crippen LogP contribution in [-0.4, -0.2) is 35.5 Å². The SMILES string of the molecule is CN(Cc1ccccc1)S(=O)(=O)NC(=O)[C@@H]1C[C@@H]1c1cnn(C)c1. The molecule has 1 heterocycles. The maximum absolute atomic E-state index is 12.3. The lowest BCUT2D eigenvalue weighted by atomic mass is 10.2. The molecule has 1 aromatic carbocycles. The zero-order valence-electron chi connectivity index (χ0n) is 13.6. The van der Waals surface area contributed by atoms with Crippen molar-refractivity contribution in [3.05, 3.63) is 53.9 Å². The first kappa shape index (κ1) is 16.7. The molecule has 24 heavy (non-hydrogen) atoms. The van der Waals surface area contributed by atoms with Crippen molar-refractivity contribution in [2.24, 2.45) is 13.0 Å². The van der Waals surface area contributed by atoms with E-state index in [0.29, 0.717) is 6.42 Å². The summed E-state index contributed by atoms with van der Waals surface area (Å²) in [5.41, 5.74) is 1.82. The second kappa shape index (κ2) is 6.37. The third kappa shape index (κ3) is 3.65. The highest BCUT2D eigenvalue weighted by Crippen LogP contribution is 2.47. The van der Waals surface area contributed by atoms with Crippen LogP contribution in [0.1, 0.15) is 23.5 Å². The molecule has 0 spiro atoms. The van der Waals surface area contributed by atoms with Gasteiger partial charge in [0.15, 0.2) is 0 Å². The molecule has 2 aromatic rings. The molecule has 1 amide bonds. The molecule has 0 saturated heterocycles. The summed E-state index contributed by atoms with van der Waals surface area (Å²) in [5, 5.41) is 4.08. The molecule has 3 rings (SSSR count). The van der Waals surface area contributed by atoms with Crippen molar-refractivity contribution in [2.45, 2.75) is 18.9 Å². The fourth-order valence-electron chi connectivity index (χ4n) is 2.69. The summed E-state index contributed by atoms with van der Waals surface area (Å²) >= 11 is 0. The molecule has 0 bridgehead atoms. The van der Waals surface area contributed by atoms with E-state index in [1.807, 2.05) is 43.6 Å². The summed E-state index contributed by atoms with van der Waals surface area (Å²) in [4.78, 5) is 12.2. The van der Waals surface area contributed by atoms with Crippen LogP contribution in [0.5, 0.6) is 0 Å². The van der Waals surface area contributed by atoms with Gasteiger partial charge in [0.05, 0.1) is 6.20 Å². The Labute approximate surface area is 141 Å². The van der Waals surface area contributed by atoms with Crippen LogP contribution in [0.15, 0.2) is 42.7 Å². The van der Waals surface area contributed by atoms with E-state index in [1.54, 1.807) is 10.9 Å². The zero-order chi connectivity index (χ0) is 17.3. The first-order valence-corrected chi connectivity index (χ1v) is 9.11. The second-order valence-electron chi connectivity index (χ2n) is 6.11. The molecule has 0 radical (unpaired) electrons. The van der Waals surface area contributed by atoms with Crippen LogP contribution in [0, 0.1) is 5.92 Å². The summed E-state index contributed by atoms with van der Waals surface area (Å²) in [6, 6.07) is 9.24. The number of hydrogen-bond acceptors (Lipinski definition) is 4. The Balaban J connectivity index is 1.59. The Bertz CT molecular complexity index is 832. The van der Waals surface area contributed by atoms with Crippen LogP contribution in [0.2, 0.25) is 0 Å². The number of carbonyl (C=O) groups is 1. The number of aromatic nitrogens is 2. The van der Waals surface area contributed by atoms with Gasteiger partial charge in [-0.05, 0) is 23.5 Å². The van der Waals surface area contributed by atoms with Gasteiger partial charge in [-0.3, -0.25) is 9.48 Å². The fraction of sp³-hybridized carbons (Fsp3) is 0.375. The van der Waals surface area contributed by atoms with E-state index >= 15 is 0 Å². The molecule has 7 nitrogen and oxygen atoms in total. The van der Waals surface area contributed by atoms with Crippen LogP contribution < -0.4 is 4.72 Å². The molecule has 0 aliphatic heterocycles. The van der Waals surface area contributed by atoms with Gasteiger partial charge in [-0.2, -0.15) is 17.8 Å². The lowest BCUT2D eigenvalue weighted by Crippen LogP contribution is -2.41. The maximum Gasteiger partial charge on any atom is 0.303 e. The summed E-state index contributed by atoms with van der Waals surface area (Å²) in [5.74, 6) is -0.716. The van der Waals surface area contributed by atoms with E-state index < -0.39 is 16.1 Å². The summed E-state index contributed by atoms with van der Waals surface area (Å²) in [6.07, 6.45) is 4.22. The van der Waals surface area contributed by atoms with Gasteiger partial charge in [0.1, 0.15) is 0 Å². The maximum atomic E-state index is 12.3.